The highest BCUT2D eigenvalue weighted by Gasteiger charge is 2.20. The van der Waals surface area contributed by atoms with Crippen LogP contribution in [0.4, 0.5) is 0 Å². The van der Waals surface area contributed by atoms with Gasteiger partial charge in [-0.15, -0.1) is 0 Å². The smallest absolute Gasteiger partial charge is 0.270 e. The maximum absolute atomic E-state index is 12.8. The quantitative estimate of drug-likeness (QED) is 0.820. The second-order valence-corrected chi connectivity index (χ2v) is 6.06. The summed E-state index contributed by atoms with van der Waals surface area (Å²) in [5.41, 5.74) is 5.52. The van der Waals surface area contributed by atoms with Crippen molar-refractivity contribution in [1.82, 2.24) is 9.47 Å². The predicted molar refractivity (Wildman–Crippen MR) is 91.4 cm³/mol. The van der Waals surface area contributed by atoms with Crippen molar-refractivity contribution in [2.45, 2.75) is 40.7 Å². The molecule has 118 valence electrons. The number of benzene rings is 1. The Balaban J connectivity index is 2.40. The van der Waals surface area contributed by atoms with E-state index in [1.54, 1.807) is 0 Å². The van der Waals surface area contributed by atoms with Gasteiger partial charge in [0.25, 0.3) is 5.91 Å². The SMILES string of the molecule is CCCN(C)C(=O)c1c(C)cc(C)n1Cc1ccccc1C. The highest BCUT2D eigenvalue weighted by Crippen LogP contribution is 2.20. The van der Waals surface area contributed by atoms with Crippen LogP contribution in [0.25, 0.3) is 0 Å². The zero-order valence-electron chi connectivity index (χ0n) is 14.3. The zero-order chi connectivity index (χ0) is 16.3. The molecule has 0 bridgehead atoms. The average Bonchev–Trinajstić information content (AvgIpc) is 2.75. The molecular formula is C19H26N2O. The van der Waals surface area contributed by atoms with Gasteiger partial charge in [-0.05, 0) is 49.9 Å². The summed E-state index contributed by atoms with van der Waals surface area (Å²) in [5, 5.41) is 0. The van der Waals surface area contributed by atoms with E-state index in [2.05, 4.69) is 49.6 Å². The first kappa shape index (κ1) is 16.3. The lowest BCUT2D eigenvalue weighted by Crippen LogP contribution is -2.30. The van der Waals surface area contributed by atoms with Crippen LogP contribution in [0.5, 0.6) is 0 Å². The van der Waals surface area contributed by atoms with Crippen LogP contribution in [0.3, 0.4) is 0 Å². The molecule has 3 heteroatoms. The van der Waals surface area contributed by atoms with Crippen molar-refractivity contribution in [2.75, 3.05) is 13.6 Å². The highest BCUT2D eigenvalue weighted by molar-refractivity contribution is 5.94. The number of amides is 1. The van der Waals surface area contributed by atoms with Gasteiger partial charge >= 0.3 is 0 Å². The van der Waals surface area contributed by atoms with Crippen LogP contribution in [0.15, 0.2) is 30.3 Å². The largest absolute Gasteiger partial charge is 0.340 e. The van der Waals surface area contributed by atoms with Gasteiger partial charge in [0, 0.05) is 25.8 Å². The number of carbonyl (C=O) groups is 1. The molecule has 1 aromatic heterocycles. The van der Waals surface area contributed by atoms with Crippen molar-refractivity contribution in [2.24, 2.45) is 0 Å². The maximum Gasteiger partial charge on any atom is 0.270 e. The van der Waals surface area contributed by atoms with E-state index in [0.717, 1.165) is 36.5 Å². The van der Waals surface area contributed by atoms with E-state index in [1.807, 2.05) is 24.9 Å². The third-order valence-corrected chi connectivity index (χ3v) is 4.19. The van der Waals surface area contributed by atoms with Crippen LogP contribution in [-0.2, 0) is 6.54 Å². The number of nitrogens with zero attached hydrogens (tertiary/aromatic N) is 2. The molecule has 2 rings (SSSR count). The molecule has 2 aromatic rings. The third kappa shape index (κ3) is 3.24. The minimum atomic E-state index is 0.112. The first-order valence-electron chi connectivity index (χ1n) is 7.92. The van der Waals surface area contributed by atoms with Gasteiger partial charge < -0.3 is 9.47 Å². The van der Waals surface area contributed by atoms with Gasteiger partial charge in [0.05, 0.1) is 0 Å². The molecule has 0 N–H and O–H groups in total. The number of rotatable bonds is 5. The molecule has 0 unspecified atom stereocenters. The molecule has 1 amide bonds. The maximum atomic E-state index is 12.8. The molecule has 0 radical (unpaired) electrons. The molecule has 0 saturated carbocycles. The Morgan fingerprint density at radius 3 is 2.45 bits per heavy atom. The Morgan fingerprint density at radius 2 is 1.82 bits per heavy atom. The molecule has 3 nitrogen and oxygen atoms in total. The normalized spacial score (nSPS) is 10.8. The highest BCUT2D eigenvalue weighted by atomic mass is 16.2. The van der Waals surface area contributed by atoms with Crippen LogP contribution in [0.1, 0.15) is 46.2 Å². The zero-order valence-corrected chi connectivity index (χ0v) is 14.3. The molecule has 0 atom stereocenters. The summed E-state index contributed by atoms with van der Waals surface area (Å²) in [6, 6.07) is 10.5. The second-order valence-electron chi connectivity index (χ2n) is 6.06. The van der Waals surface area contributed by atoms with Gasteiger partial charge in [0.1, 0.15) is 5.69 Å². The van der Waals surface area contributed by atoms with E-state index in [9.17, 15) is 4.79 Å². The van der Waals surface area contributed by atoms with Gasteiger partial charge in [-0.2, -0.15) is 0 Å². The Hall–Kier alpha value is -2.03. The number of hydrogen-bond donors (Lipinski definition) is 0. The average molecular weight is 298 g/mol. The van der Waals surface area contributed by atoms with E-state index in [-0.39, 0.29) is 5.91 Å². The predicted octanol–water partition coefficient (Wildman–Crippen LogP) is 3.94. The van der Waals surface area contributed by atoms with E-state index >= 15 is 0 Å². The lowest BCUT2D eigenvalue weighted by atomic mass is 10.1. The summed E-state index contributed by atoms with van der Waals surface area (Å²) in [7, 11) is 1.88. The molecular weight excluding hydrogens is 272 g/mol. The fraction of sp³-hybridized carbons (Fsp3) is 0.421. The molecule has 1 aromatic carbocycles. The summed E-state index contributed by atoms with van der Waals surface area (Å²) >= 11 is 0. The number of hydrogen-bond acceptors (Lipinski definition) is 1. The summed E-state index contributed by atoms with van der Waals surface area (Å²) in [6.07, 6.45) is 0.971. The van der Waals surface area contributed by atoms with E-state index in [4.69, 9.17) is 0 Å². The number of carbonyl (C=O) groups excluding carboxylic acids is 1. The molecule has 0 aliphatic rings. The van der Waals surface area contributed by atoms with E-state index < -0.39 is 0 Å². The van der Waals surface area contributed by atoms with Crippen LogP contribution >= 0.6 is 0 Å². The molecule has 22 heavy (non-hydrogen) atoms. The minimum Gasteiger partial charge on any atom is -0.340 e. The fourth-order valence-corrected chi connectivity index (χ4v) is 2.91. The van der Waals surface area contributed by atoms with Crippen molar-refractivity contribution >= 4 is 5.91 Å². The standard InChI is InChI=1S/C19H26N2O/c1-6-11-20(5)19(22)18-15(3)12-16(4)21(18)13-17-10-8-7-9-14(17)2/h7-10,12H,6,11,13H2,1-5H3. The van der Waals surface area contributed by atoms with Crippen LogP contribution in [-0.4, -0.2) is 29.0 Å². The Bertz CT molecular complexity index is 670. The van der Waals surface area contributed by atoms with Gasteiger partial charge in [0.2, 0.25) is 0 Å². The van der Waals surface area contributed by atoms with Crippen molar-refractivity contribution in [1.29, 1.82) is 0 Å². The van der Waals surface area contributed by atoms with Crippen molar-refractivity contribution in [3.63, 3.8) is 0 Å². The molecule has 0 aliphatic carbocycles. The van der Waals surface area contributed by atoms with Gasteiger partial charge in [-0.1, -0.05) is 31.2 Å². The van der Waals surface area contributed by atoms with E-state index in [1.165, 1.54) is 11.1 Å². The first-order valence-corrected chi connectivity index (χ1v) is 7.92. The first-order chi connectivity index (χ1) is 10.5. The fourth-order valence-electron chi connectivity index (χ4n) is 2.91. The molecule has 0 saturated heterocycles. The molecule has 0 spiro atoms. The minimum absolute atomic E-state index is 0.112. The van der Waals surface area contributed by atoms with Crippen LogP contribution < -0.4 is 0 Å². The number of aryl methyl sites for hydroxylation is 3. The van der Waals surface area contributed by atoms with Gasteiger partial charge in [0.15, 0.2) is 0 Å². The molecule has 0 aliphatic heterocycles. The molecule has 0 fully saturated rings. The van der Waals surface area contributed by atoms with Crippen molar-refractivity contribution in [3.8, 4) is 0 Å². The van der Waals surface area contributed by atoms with Crippen LogP contribution in [0, 0.1) is 20.8 Å². The second kappa shape index (κ2) is 6.82. The Kier molecular flexibility index (Phi) is 5.07. The van der Waals surface area contributed by atoms with Crippen molar-refractivity contribution in [3.05, 3.63) is 58.4 Å². The van der Waals surface area contributed by atoms with E-state index in [0.29, 0.717) is 0 Å². The lowest BCUT2D eigenvalue weighted by molar-refractivity contribution is 0.0784. The van der Waals surface area contributed by atoms with Gasteiger partial charge in [-0.3, -0.25) is 4.79 Å². The number of aromatic nitrogens is 1. The topological polar surface area (TPSA) is 25.2 Å². The van der Waals surface area contributed by atoms with Crippen LogP contribution in [0.2, 0.25) is 0 Å². The monoisotopic (exact) mass is 298 g/mol. The van der Waals surface area contributed by atoms with Crippen molar-refractivity contribution < 1.29 is 4.79 Å². The summed E-state index contributed by atoms with van der Waals surface area (Å²) < 4.78 is 2.14. The Morgan fingerprint density at radius 1 is 1.14 bits per heavy atom. The molecule has 1 heterocycles. The summed E-state index contributed by atoms with van der Waals surface area (Å²) in [6.45, 7) is 9.83. The summed E-state index contributed by atoms with van der Waals surface area (Å²) in [4.78, 5) is 14.6. The summed E-state index contributed by atoms with van der Waals surface area (Å²) in [5.74, 6) is 0.112. The van der Waals surface area contributed by atoms with Gasteiger partial charge in [-0.25, -0.2) is 0 Å². The Labute approximate surface area is 133 Å². The lowest BCUT2D eigenvalue weighted by Gasteiger charge is -2.19. The third-order valence-electron chi connectivity index (χ3n) is 4.19.